The summed E-state index contributed by atoms with van der Waals surface area (Å²) < 4.78 is 0. The zero-order chi connectivity index (χ0) is 14.4. The molecule has 0 aliphatic heterocycles. The molecule has 0 heterocycles. The molecule has 0 aromatic heterocycles. The standard InChI is InChI=1S/C15H31N3O/c1-11(2)14(10-18(3)4)17-15(19)12-8-6-5-7-9-13(12)16/h11-14H,5-10,16H2,1-4H3,(H,17,19). The molecule has 4 nitrogen and oxygen atoms in total. The normalized spacial score (nSPS) is 26.3. The molecule has 1 saturated carbocycles. The van der Waals surface area contributed by atoms with Gasteiger partial charge in [-0.05, 0) is 32.9 Å². The summed E-state index contributed by atoms with van der Waals surface area (Å²) in [5, 5.41) is 3.22. The third-order valence-electron chi connectivity index (χ3n) is 4.10. The van der Waals surface area contributed by atoms with E-state index in [1.165, 1.54) is 6.42 Å². The van der Waals surface area contributed by atoms with Crippen LogP contribution in [0.5, 0.6) is 0 Å². The van der Waals surface area contributed by atoms with Crippen LogP contribution in [0.15, 0.2) is 0 Å². The molecule has 1 aliphatic rings. The second kappa shape index (κ2) is 7.85. The Morgan fingerprint density at radius 2 is 1.89 bits per heavy atom. The van der Waals surface area contributed by atoms with Crippen LogP contribution in [-0.4, -0.2) is 43.5 Å². The Morgan fingerprint density at radius 1 is 1.26 bits per heavy atom. The van der Waals surface area contributed by atoms with Gasteiger partial charge in [0.15, 0.2) is 0 Å². The third-order valence-corrected chi connectivity index (χ3v) is 4.10. The zero-order valence-corrected chi connectivity index (χ0v) is 13.0. The number of carbonyl (C=O) groups excluding carboxylic acids is 1. The fourth-order valence-electron chi connectivity index (χ4n) is 2.77. The van der Waals surface area contributed by atoms with Gasteiger partial charge in [-0.1, -0.05) is 33.1 Å². The lowest BCUT2D eigenvalue weighted by Gasteiger charge is -2.29. The lowest BCUT2D eigenvalue weighted by molar-refractivity contribution is -0.127. The molecule has 3 N–H and O–H groups in total. The first-order chi connectivity index (χ1) is 8.91. The molecule has 0 saturated heterocycles. The number of hydrogen-bond donors (Lipinski definition) is 2. The van der Waals surface area contributed by atoms with Crippen LogP contribution in [0.4, 0.5) is 0 Å². The number of hydrogen-bond acceptors (Lipinski definition) is 3. The molecule has 0 aromatic rings. The van der Waals surface area contributed by atoms with Crippen molar-refractivity contribution in [2.45, 2.75) is 58.0 Å². The van der Waals surface area contributed by atoms with E-state index in [2.05, 4.69) is 24.1 Å². The first-order valence-corrected chi connectivity index (χ1v) is 7.62. The summed E-state index contributed by atoms with van der Waals surface area (Å²) in [5.41, 5.74) is 6.16. The van der Waals surface area contributed by atoms with E-state index in [9.17, 15) is 4.79 Å². The maximum Gasteiger partial charge on any atom is 0.224 e. The van der Waals surface area contributed by atoms with Crippen molar-refractivity contribution in [2.75, 3.05) is 20.6 Å². The van der Waals surface area contributed by atoms with E-state index in [0.717, 1.165) is 32.2 Å². The summed E-state index contributed by atoms with van der Waals surface area (Å²) in [4.78, 5) is 14.6. The van der Waals surface area contributed by atoms with Crippen molar-refractivity contribution in [1.29, 1.82) is 0 Å². The number of nitrogens with zero attached hydrogens (tertiary/aromatic N) is 1. The SMILES string of the molecule is CC(C)C(CN(C)C)NC(=O)C1CCCCCC1N. The zero-order valence-electron chi connectivity index (χ0n) is 13.0. The van der Waals surface area contributed by atoms with Gasteiger partial charge in [-0.2, -0.15) is 0 Å². The van der Waals surface area contributed by atoms with Crippen molar-refractivity contribution in [1.82, 2.24) is 10.2 Å². The van der Waals surface area contributed by atoms with Crippen molar-refractivity contribution < 1.29 is 4.79 Å². The quantitative estimate of drug-likeness (QED) is 0.745. The first-order valence-electron chi connectivity index (χ1n) is 7.62. The van der Waals surface area contributed by atoms with Gasteiger partial charge in [0.2, 0.25) is 5.91 Å². The minimum absolute atomic E-state index is 0.00547. The third kappa shape index (κ3) is 5.49. The lowest BCUT2D eigenvalue weighted by Crippen LogP contribution is -2.50. The summed E-state index contributed by atoms with van der Waals surface area (Å²) in [6.45, 7) is 5.19. The molecule has 1 aliphatic carbocycles. The molecule has 4 heteroatoms. The van der Waals surface area contributed by atoms with Gasteiger partial charge >= 0.3 is 0 Å². The molecule has 1 rings (SSSR count). The minimum Gasteiger partial charge on any atom is -0.352 e. The predicted octanol–water partition coefficient (Wildman–Crippen LogP) is 1.60. The van der Waals surface area contributed by atoms with Gasteiger partial charge in [0, 0.05) is 18.6 Å². The van der Waals surface area contributed by atoms with Crippen LogP contribution in [0, 0.1) is 11.8 Å². The van der Waals surface area contributed by atoms with Crippen LogP contribution in [0.25, 0.3) is 0 Å². The summed E-state index contributed by atoms with van der Waals surface area (Å²) in [7, 11) is 4.08. The van der Waals surface area contributed by atoms with Gasteiger partial charge in [-0.15, -0.1) is 0 Å². The van der Waals surface area contributed by atoms with Crippen molar-refractivity contribution in [2.24, 2.45) is 17.6 Å². The largest absolute Gasteiger partial charge is 0.352 e. The van der Waals surface area contributed by atoms with Gasteiger partial charge in [0.1, 0.15) is 0 Å². The summed E-state index contributed by atoms with van der Waals surface area (Å²) >= 11 is 0. The second-order valence-electron chi connectivity index (χ2n) is 6.53. The molecular formula is C15H31N3O. The fraction of sp³-hybridized carbons (Fsp3) is 0.933. The molecular weight excluding hydrogens is 238 g/mol. The van der Waals surface area contributed by atoms with E-state index in [1.807, 2.05) is 14.1 Å². The Balaban J connectivity index is 2.59. The van der Waals surface area contributed by atoms with Crippen LogP contribution in [0.3, 0.4) is 0 Å². The molecule has 0 aromatic carbocycles. The van der Waals surface area contributed by atoms with Gasteiger partial charge < -0.3 is 16.0 Å². The Hall–Kier alpha value is -0.610. The number of carbonyl (C=O) groups is 1. The van der Waals surface area contributed by atoms with Crippen LogP contribution in [-0.2, 0) is 4.79 Å². The second-order valence-corrected chi connectivity index (χ2v) is 6.53. The highest BCUT2D eigenvalue weighted by Gasteiger charge is 2.29. The maximum atomic E-state index is 12.4. The molecule has 1 amide bonds. The van der Waals surface area contributed by atoms with E-state index in [-0.39, 0.29) is 23.9 Å². The molecule has 0 bridgehead atoms. The highest BCUT2D eigenvalue weighted by atomic mass is 16.2. The van der Waals surface area contributed by atoms with E-state index in [4.69, 9.17) is 5.73 Å². The Bertz CT molecular complexity index is 279. The lowest BCUT2D eigenvalue weighted by atomic mass is 9.93. The highest BCUT2D eigenvalue weighted by Crippen LogP contribution is 2.22. The summed E-state index contributed by atoms with van der Waals surface area (Å²) in [6, 6.07) is 0.243. The number of likely N-dealkylation sites (N-methyl/N-ethyl adjacent to an activating group) is 1. The van der Waals surface area contributed by atoms with Gasteiger partial charge in [-0.3, -0.25) is 4.79 Å². The van der Waals surface area contributed by atoms with Gasteiger partial charge in [0.25, 0.3) is 0 Å². The fourth-order valence-corrected chi connectivity index (χ4v) is 2.77. The van der Waals surface area contributed by atoms with Crippen molar-refractivity contribution in [3.63, 3.8) is 0 Å². The molecule has 3 unspecified atom stereocenters. The number of rotatable bonds is 5. The monoisotopic (exact) mass is 269 g/mol. The molecule has 0 spiro atoms. The summed E-state index contributed by atoms with van der Waals surface area (Å²) in [6.07, 6.45) is 5.43. The van der Waals surface area contributed by atoms with Crippen molar-refractivity contribution in [3.8, 4) is 0 Å². The maximum absolute atomic E-state index is 12.4. The Labute approximate surface area is 118 Å². The first kappa shape index (κ1) is 16.4. The average Bonchev–Trinajstić information content (AvgIpc) is 2.52. The number of nitrogens with two attached hydrogens (primary N) is 1. The van der Waals surface area contributed by atoms with E-state index < -0.39 is 0 Å². The van der Waals surface area contributed by atoms with Crippen LogP contribution >= 0.6 is 0 Å². The van der Waals surface area contributed by atoms with E-state index >= 15 is 0 Å². The number of amides is 1. The van der Waals surface area contributed by atoms with Crippen LogP contribution in [0.1, 0.15) is 46.0 Å². The van der Waals surface area contributed by atoms with E-state index in [1.54, 1.807) is 0 Å². The topological polar surface area (TPSA) is 58.4 Å². The highest BCUT2D eigenvalue weighted by molar-refractivity contribution is 5.79. The van der Waals surface area contributed by atoms with E-state index in [0.29, 0.717) is 5.92 Å². The molecule has 19 heavy (non-hydrogen) atoms. The molecule has 3 atom stereocenters. The average molecular weight is 269 g/mol. The number of nitrogens with one attached hydrogen (secondary N) is 1. The van der Waals surface area contributed by atoms with Crippen molar-refractivity contribution in [3.05, 3.63) is 0 Å². The molecule has 112 valence electrons. The predicted molar refractivity (Wildman–Crippen MR) is 79.9 cm³/mol. The minimum atomic E-state index is 0.00547. The molecule has 1 fully saturated rings. The Kier molecular flexibility index (Phi) is 6.80. The molecule has 0 radical (unpaired) electrons. The smallest absolute Gasteiger partial charge is 0.224 e. The van der Waals surface area contributed by atoms with Crippen LogP contribution in [0.2, 0.25) is 0 Å². The van der Waals surface area contributed by atoms with Gasteiger partial charge in [-0.25, -0.2) is 0 Å². The Morgan fingerprint density at radius 3 is 2.47 bits per heavy atom. The van der Waals surface area contributed by atoms with Crippen LogP contribution < -0.4 is 11.1 Å². The summed E-state index contributed by atoms with van der Waals surface area (Å²) in [5.74, 6) is 0.606. The van der Waals surface area contributed by atoms with Gasteiger partial charge in [0.05, 0.1) is 5.92 Å². The van der Waals surface area contributed by atoms with Crippen molar-refractivity contribution >= 4 is 5.91 Å².